The van der Waals surface area contributed by atoms with E-state index in [0.717, 1.165) is 54.2 Å². The Morgan fingerprint density at radius 3 is 2.31 bits per heavy atom. The lowest BCUT2D eigenvalue weighted by Crippen LogP contribution is -2.38. The fourth-order valence-corrected chi connectivity index (χ4v) is 5.04. The Kier molecular flexibility index (Phi) is 6.50. The number of hydrogen-bond donors (Lipinski definition) is 0. The first kappa shape index (κ1) is 22.7. The Morgan fingerprint density at radius 2 is 1.69 bits per heavy atom. The summed E-state index contributed by atoms with van der Waals surface area (Å²) in [6, 6.07) is 11.3. The van der Waals surface area contributed by atoms with Gasteiger partial charge in [-0.15, -0.1) is 0 Å². The monoisotopic (exact) mass is 471 g/mol. The molecule has 0 radical (unpaired) electrons. The van der Waals surface area contributed by atoms with Crippen molar-refractivity contribution in [1.29, 1.82) is 0 Å². The molecule has 0 spiro atoms. The van der Waals surface area contributed by atoms with E-state index < -0.39 is 0 Å². The van der Waals surface area contributed by atoms with Crippen molar-refractivity contribution in [2.45, 2.75) is 46.6 Å². The largest absolute Gasteiger partial charge is 0.488 e. The zero-order valence-electron chi connectivity index (χ0n) is 18.8. The van der Waals surface area contributed by atoms with Crippen molar-refractivity contribution < 1.29 is 4.74 Å². The van der Waals surface area contributed by atoms with Crippen LogP contribution in [0.4, 0.5) is 5.69 Å². The van der Waals surface area contributed by atoms with Crippen LogP contribution in [-0.2, 0) is 0 Å². The number of aryl methyl sites for hydroxylation is 4. The molecule has 0 amide bonds. The molecule has 0 atom stereocenters. The maximum absolute atomic E-state index is 12.5. The molecule has 0 N–H and O–H groups in total. The van der Waals surface area contributed by atoms with Gasteiger partial charge in [0.15, 0.2) is 0 Å². The van der Waals surface area contributed by atoms with Gasteiger partial charge in [0.05, 0.1) is 21.4 Å². The first-order valence-electron chi connectivity index (χ1n) is 10.8. The molecule has 0 unspecified atom stereocenters. The maximum atomic E-state index is 12.5. The number of rotatable bonds is 4. The van der Waals surface area contributed by atoms with Gasteiger partial charge >= 0.3 is 0 Å². The molecule has 1 fully saturated rings. The summed E-state index contributed by atoms with van der Waals surface area (Å²) < 4.78 is 7.84. The number of aromatic nitrogens is 2. The molecule has 168 valence electrons. The number of halogens is 2. The van der Waals surface area contributed by atoms with Crippen molar-refractivity contribution in [2.24, 2.45) is 0 Å². The van der Waals surface area contributed by atoms with Crippen molar-refractivity contribution in [2.75, 3.05) is 18.0 Å². The maximum Gasteiger partial charge on any atom is 0.258 e. The summed E-state index contributed by atoms with van der Waals surface area (Å²) in [7, 11) is 0. The summed E-state index contributed by atoms with van der Waals surface area (Å²) in [6.45, 7) is 9.36. The lowest BCUT2D eigenvalue weighted by molar-refractivity contribution is 0.170. The molecule has 3 aromatic rings. The number of nitrogens with zero attached hydrogens (tertiary/aromatic N) is 3. The molecule has 7 heteroatoms. The number of piperidine rings is 1. The van der Waals surface area contributed by atoms with Crippen LogP contribution < -0.4 is 15.2 Å². The van der Waals surface area contributed by atoms with Crippen LogP contribution in [0.25, 0.3) is 5.69 Å². The highest BCUT2D eigenvalue weighted by atomic mass is 35.5. The number of benzene rings is 2. The van der Waals surface area contributed by atoms with Gasteiger partial charge in [0.1, 0.15) is 17.7 Å². The quantitative estimate of drug-likeness (QED) is 0.480. The van der Waals surface area contributed by atoms with Gasteiger partial charge < -0.3 is 9.64 Å². The second-order valence-electron chi connectivity index (χ2n) is 8.45. The Bertz CT molecular complexity index is 1190. The molecule has 4 rings (SSSR count). The zero-order chi connectivity index (χ0) is 23.0. The third-order valence-electron chi connectivity index (χ3n) is 5.84. The topological polar surface area (TPSA) is 47.4 Å². The molecule has 1 aromatic heterocycles. The van der Waals surface area contributed by atoms with Gasteiger partial charge in [-0.25, -0.2) is 4.98 Å². The van der Waals surface area contributed by atoms with Crippen molar-refractivity contribution >= 4 is 28.9 Å². The molecular weight excluding hydrogens is 445 g/mol. The smallest absolute Gasteiger partial charge is 0.258 e. The van der Waals surface area contributed by atoms with Gasteiger partial charge in [-0.1, -0.05) is 29.3 Å². The predicted octanol–water partition coefficient (Wildman–Crippen LogP) is 5.82. The van der Waals surface area contributed by atoms with E-state index in [-0.39, 0.29) is 11.7 Å². The first-order chi connectivity index (χ1) is 15.2. The second-order valence-corrected chi connectivity index (χ2v) is 9.27. The van der Waals surface area contributed by atoms with Crippen LogP contribution in [0.15, 0.2) is 41.2 Å². The van der Waals surface area contributed by atoms with Crippen molar-refractivity contribution in [3.05, 3.63) is 79.4 Å². The fraction of sp³-hybridized carbons (Fsp3) is 0.360. The summed E-state index contributed by atoms with van der Waals surface area (Å²) in [4.78, 5) is 19.1. The van der Waals surface area contributed by atoms with Gasteiger partial charge in [0.2, 0.25) is 0 Å². The van der Waals surface area contributed by atoms with Crippen LogP contribution in [0.2, 0.25) is 10.0 Å². The summed E-state index contributed by atoms with van der Waals surface area (Å²) in [5.74, 6) is 1.42. The molecule has 2 heterocycles. The molecule has 5 nitrogen and oxygen atoms in total. The van der Waals surface area contributed by atoms with E-state index in [1.54, 1.807) is 4.57 Å². The van der Waals surface area contributed by atoms with Crippen LogP contribution >= 0.6 is 23.2 Å². The lowest BCUT2D eigenvalue weighted by atomic mass is 10.1. The SMILES string of the molecule is Cc1cc(C)c(OC2CCN(c3ccc(-n4c(C)nc(C)cc4=O)cc3Cl)CC2)c(Cl)c1. The molecule has 1 aliphatic rings. The van der Waals surface area contributed by atoms with Crippen LogP contribution in [0, 0.1) is 27.7 Å². The van der Waals surface area contributed by atoms with Crippen molar-refractivity contribution in [3.63, 3.8) is 0 Å². The first-order valence-corrected chi connectivity index (χ1v) is 11.5. The number of ether oxygens (including phenoxy) is 1. The minimum atomic E-state index is -0.109. The van der Waals surface area contributed by atoms with E-state index in [9.17, 15) is 4.79 Å². The van der Waals surface area contributed by atoms with E-state index in [0.29, 0.717) is 21.6 Å². The fourth-order valence-electron chi connectivity index (χ4n) is 4.38. The molecular formula is C25H27Cl2N3O2. The minimum absolute atomic E-state index is 0.109. The Balaban J connectivity index is 1.47. The molecule has 2 aromatic carbocycles. The van der Waals surface area contributed by atoms with E-state index >= 15 is 0 Å². The number of hydrogen-bond acceptors (Lipinski definition) is 4. The lowest BCUT2D eigenvalue weighted by Gasteiger charge is -2.34. The summed E-state index contributed by atoms with van der Waals surface area (Å²) in [6.07, 6.45) is 1.87. The minimum Gasteiger partial charge on any atom is -0.488 e. The molecule has 1 saturated heterocycles. The van der Waals surface area contributed by atoms with Gasteiger partial charge in [-0.05, 0) is 63.1 Å². The normalized spacial score (nSPS) is 14.6. The standard InChI is InChI=1S/C25H27Cl2N3O2/c1-15-11-16(2)25(22(27)12-15)32-20-7-9-29(10-8-20)23-6-5-19(14-21(23)26)30-18(4)28-17(3)13-24(30)31/h5-6,11-14,20H,7-10H2,1-4H3. The van der Waals surface area contributed by atoms with E-state index in [1.807, 2.05) is 52.0 Å². The number of anilines is 1. The second kappa shape index (κ2) is 9.16. The molecule has 0 bridgehead atoms. The Hall–Kier alpha value is -2.50. The zero-order valence-corrected chi connectivity index (χ0v) is 20.3. The van der Waals surface area contributed by atoms with Crippen LogP contribution in [-0.4, -0.2) is 28.7 Å². The van der Waals surface area contributed by atoms with Crippen LogP contribution in [0.3, 0.4) is 0 Å². The van der Waals surface area contributed by atoms with E-state index in [4.69, 9.17) is 27.9 Å². The average molecular weight is 472 g/mol. The van der Waals surface area contributed by atoms with E-state index in [2.05, 4.69) is 16.0 Å². The highest BCUT2D eigenvalue weighted by Crippen LogP contribution is 2.34. The summed E-state index contributed by atoms with van der Waals surface area (Å²) >= 11 is 13.1. The molecule has 1 aliphatic heterocycles. The molecule has 32 heavy (non-hydrogen) atoms. The third kappa shape index (κ3) is 4.64. The van der Waals surface area contributed by atoms with Crippen molar-refractivity contribution in [3.8, 4) is 11.4 Å². The van der Waals surface area contributed by atoms with Gasteiger partial charge in [0, 0.05) is 37.7 Å². The molecule has 0 saturated carbocycles. The Morgan fingerprint density at radius 1 is 0.969 bits per heavy atom. The van der Waals surface area contributed by atoms with Gasteiger partial charge in [-0.2, -0.15) is 0 Å². The van der Waals surface area contributed by atoms with Crippen LogP contribution in [0.5, 0.6) is 5.75 Å². The summed E-state index contributed by atoms with van der Waals surface area (Å²) in [5.41, 5.74) is 4.47. The van der Waals surface area contributed by atoms with Gasteiger partial charge in [-0.3, -0.25) is 9.36 Å². The predicted molar refractivity (Wildman–Crippen MR) is 131 cm³/mol. The Labute approximate surface area is 198 Å². The molecule has 0 aliphatic carbocycles. The van der Waals surface area contributed by atoms with E-state index in [1.165, 1.54) is 6.07 Å². The average Bonchev–Trinajstić information content (AvgIpc) is 2.71. The third-order valence-corrected chi connectivity index (χ3v) is 6.43. The van der Waals surface area contributed by atoms with Gasteiger partial charge in [0.25, 0.3) is 5.56 Å². The summed E-state index contributed by atoms with van der Waals surface area (Å²) in [5, 5.41) is 1.28. The van der Waals surface area contributed by atoms with Crippen molar-refractivity contribution in [1.82, 2.24) is 9.55 Å². The van der Waals surface area contributed by atoms with Crippen LogP contribution in [0.1, 0.15) is 35.5 Å². The highest BCUT2D eigenvalue weighted by molar-refractivity contribution is 6.33. The highest BCUT2D eigenvalue weighted by Gasteiger charge is 2.24.